The Hall–Kier alpha value is -3.93. The number of unbranched alkanes of at least 4 members (excludes halogenated alkanes) is 16. The van der Waals surface area contributed by atoms with Crippen molar-refractivity contribution >= 4 is 17.9 Å². The summed E-state index contributed by atoms with van der Waals surface area (Å²) in [5.41, 5.74) is 0. The summed E-state index contributed by atoms with van der Waals surface area (Å²) in [6.45, 7) is 6.21. The minimum absolute atomic E-state index is 0.102. The first-order chi connectivity index (χ1) is 30.0. The van der Waals surface area contributed by atoms with Crippen molar-refractivity contribution in [1.29, 1.82) is 0 Å². The first-order valence-corrected chi connectivity index (χ1v) is 24.4. The molecule has 0 rings (SSSR count). The predicted octanol–water partition coefficient (Wildman–Crippen LogP) is 16.0. The zero-order valence-corrected chi connectivity index (χ0v) is 39.1. The molecule has 0 amide bonds. The zero-order valence-electron chi connectivity index (χ0n) is 39.1. The van der Waals surface area contributed by atoms with E-state index in [1.807, 2.05) is 24.3 Å². The minimum atomic E-state index is -0.804. The summed E-state index contributed by atoms with van der Waals surface area (Å²) < 4.78 is 16.7. The fraction of sp³-hybridized carbons (Fsp3) is 0.618. The number of hydrogen-bond donors (Lipinski definition) is 0. The smallest absolute Gasteiger partial charge is 0.306 e. The number of esters is 3. The average molecular weight is 845 g/mol. The molecule has 0 spiro atoms. The van der Waals surface area contributed by atoms with Crippen LogP contribution in [0.2, 0.25) is 0 Å². The van der Waals surface area contributed by atoms with E-state index in [0.717, 1.165) is 135 Å². The van der Waals surface area contributed by atoms with E-state index in [2.05, 4.69) is 106 Å². The van der Waals surface area contributed by atoms with E-state index >= 15 is 0 Å². The van der Waals surface area contributed by atoms with Gasteiger partial charge in [-0.1, -0.05) is 194 Å². The largest absolute Gasteiger partial charge is 0.462 e. The lowest BCUT2D eigenvalue weighted by atomic mass is 10.1. The lowest BCUT2D eigenvalue weighted by molar-refractivity contribution is -0.167. The molecule has 0 saturated heterocycles. The van der Waals surface area contributed by atoms with Crippen LogP contribution in [0.3, 0.4) is 0 Å². The molecule has 1 unspecified atom stereocenters. The van der Waals surface area contributed by atoms with Crippen molar-refractivity contribution in [2.75, 3.05) is 13.2 Å². The van der Waals surface area contributed by atoms with Gasteiger partial charge in [0.05, 0.1) is 0 Å². The molecule has 0 saturated carbocycles. The maximum absolute atomic E-state index is 12.8. The summed E-state index contributed by atoms with van der Waals surface area (Å²) in [6.07, 6.45) is 64.9. The standard InChI is InChI=1S/C55H88O6/c1-4-7-10-13-16-19-22-25-28-31-33-36-39-42-45-48-54(57)60-51-52(61-55(58)49-46-43-40-37-34-30-27-24-21-18-15-12-9-6-3)50-59-53(56)47-44-41-38-35-32-29-26-23-20-17-14-11-8-5-2/h7-13,16-22,25,27-28,30,52H,4-6,14-15,23-24,26,29,31-51H2,1-3H3/b10-7-,11-8-,12-9-,16-13-,20-17-,21-18-,22-19-,28-25-,30-27-. The monoisotopic (exact) mass is 845 g/mol. The highest BCUT2D eigenvalue weighted by Gasteiger charge is 2.19. The summed E-state index contributed by atoms with van der Waals surface area (Å²) in [5.74, 6) is -0.964. The van der Waals surface area contributed by atoms with Gasteiger partial charge in [0, 0.05) is 19.3 Å². The SMILES string of the molecule is CC\C=C/C=C\C=C/C=C\CCCCCCCC(=O)OCC(COC(=O)CCCCCCCCC/C=C\C/C=C\CC)OC(=O)CCCCCC/C=C\C/C=C\C/C=C\CC. The van der Waals surface area contributed by atoms with E-state index in [-0.39, 0.29) is 31.1 Å². The highest BCUT2D eigenvalue weighted by molar-refractivity contribution is 5.71. The van der Waals surface area contributed by atoms with E-state index in [9.17, 15) is 14.4 Å². The van der Waals surface area contributed by atoms with Gasteiger partial charge in [0.1, 0.15) is 13.2 Å². The molecular formula is C55H88O6. The van der Waals surface area contributed by atoms with Gasteiger partial charge in [-0.3, -0.25) is 14.4 Å². The Labute approximate surface area is 374 Å². The van der Waals surface area contributed by atoms with E-state index in [4.69, 9.17) is 14.2 Å². The van der Waals surface area contributed by atoms with Gasteiger partial charge < -0.3 is 14.2 Å². The van der Waals surface area contributed by atoms with Crippen LogP contribution in [0.1, 0.15) is 201 Å². The van der Waals surface area contributed by atoms with Crippen molar-refractivity contribution in [2.45, 2.75) is 207 Å². The highest BCUT2D eigenvalue weighted by atomic mass is 16.6. The van der Waals surface area contributed by atoms with Crippen molar-refractivity contribution in [3.8, 4) is 0 Å². The molecule has 0 aromatic carbocycles. The Morgan fingerprint density at radius 2 is 0.672 bits per heavy atom. The third kappa shape index (κ3) is 47.0. The molecule has 6 nitrogen and oxygen atoms in total. The molecule has 0 aliphatic rings. The van der Waals surface area contributed by atoms with Crippen LogP contribution in [0, 0.1) is 0 Å². The lowest BCUT2D eigenvalue weighted by Crippen LogP contribution is -2.30. The van der Waals surface area contributed by atoms with Gasteiger partial charge in [0.2, 0.25) is 0 Å². The summed E-state index contributed by atoms with van der Waals surface area (Å²) in [4.78, 5) is 37.9. The Kier molecular flexibility index (Phi) is 45.6. The van der Waals surface area contributed by atoms with Crippen LogP contribution in [0.4, 0.5) is 0 Å². The Balaban J connectivity index is 4.50. The van der Waals surface area contributed by atoms with Crippen molar-refractivity contribution in [2.24, 2.45) is 0 Å². The van der Waals surface area contributed by atoms with Gasteiger partial charge in [-0.15, -0.1) is 0 Å². The van der Waals surface area contributed by atoms with Crippen molar-refractivity contribution < 1.29 is 28.6 Å². The zero-order chi connectivity index (χ0) is 44.4. The molecule has 0 aliphatic heterocycles. The quantitative estimate of drug-likeness (QED) is 0.0200. The van der Waals surface area contributed by atoms with Crippen molar-refractivity contribution in [1.82, 2.24) is 0 Å². The van der Waals surface area contributed by atoms with E-state index in [0.29, 0.717) is 19.3 Å². The van der Waals surface area contributed by atoms with Gasteiger partial charge in [-0.2, -0.15) is 0 Å². The molecule has 0 aromatic heterocycles. The van der Waals surface area contributed by atoms with Crippen molar-refractivity contribution in [3.63, 3.8) is 0 Å². The Morgan fingerprint density at radius 3 is 1.11 bits per heavy atom. The molecule has 0 fully saturated rings. The lowest BCUT2D eigenvalue weighted by Gasteiger charge is -2.18. The topological polar surface area (TPSA) is 78.9 Å². The second-order valence-electron chi connectivity index (χ2n) is 15.7. The molecule has 61 heavy (non-hydrogen) atoms. The maximum Gasteiger partial charge on any atom is 0.306 e. The number of rotatable bonds is 42. The van der Waals surface area contributed by atoms with Gasteiger partial charge >= 0.3 is 17.9 Å². The highest BCUT2D eigenvalue weighted by Crippen LogP contribution is 2.13. The molecule has 0 aromatic rings. The van der Waals surface area contributed by atoms with Gasteiger partial charge in [0.25, 0.3) is 0 Å². The average Bonchev–Trinajstić information content (AvgIpc) is 3.26. The molecule has 0 heterocycles. The second-order valence-corrected chi connectivity index (χ2v) is 15.7. The van der Waals surface area contributed by atoms with Crippen LogP contribution in [0.5, 0.6) is 0 Å². The first kappa shape index (κ1) is 57.1. The Bertz CT molecular complexity index is 1290. The maximum atomic E-state index is 12.8. The fourth-order valence-corrected chi connectivity index (χ4v) is 6.27. The number of hydrogen-bond acceptors (Lipinski definition) is 6. The van der Waals surface area contributed by atoms with E-state index in [1.165, 1.54) is 25.7 Å². The van der Waals surface area contributed by atoms with Crippen LogP contribution in [-0.2, 0) is 28.6 Å². The first-order valence-electron chi connectivity index (χ1n) is 24.4. The molecule has 344 valence electrons. The summed E-state index contributed by atoms with van der Waals surface area (Å²) in [6, 6.07) is 0. The fourth-order valence-electron chi connectivity index (χ4n) is 6.27. The summed E-state index contributed by atoms with van der Waals surface area (Å²) >= 11 is 0. The second kappa shape index (κ2) is 48.7. The number of carbonyl (C=O) groups excluding carboxylic acids is 3. The van der Waals surface area contributed by atoms with Crippen LogP contribution in [0.15, 0.2) is 109 Å². The van der Waals surface area contributed by atoms with Crippen LogP contribution < -0.4 is 0 Å². The molecule has 1 atom stereocenters. The molecule has 6 heteroatoms. The molecular weight excluding hydrogens is 757 g/mol. The minimum Gasteiger partial charge on any atom is -0.462 e. The Morgan fingerprint density at radius 1 is 0.344 bits per heavy atom. The summed E-state index contributed by atoms with van der Waals surface area (Å²) in [7, 11) is 0. The molecule has 0 bridgehead atoms. The van der Waals surface area contributed by atoms with E-state index in [1.54, 1.807) is 0 Å². The summed E-state index contributed by atoms with van der Waals surface area (Å²) in [5, 5.41) is 0. The number of ether oxygens (including phenoxy) is 3. The van der Waals surface area contributed by atoms with Gasteiger partial charge in [-0.05, 0) is 96.3 Å². The van der Waals surface area contributed by atoms with Crippen LogP contribution in [0.25, 0.3) is 0 Å². The molecule has 0 aliphatic carbocycles. The third-order valence-electron chi connectivity index (χ3n) is 9.85. The van der Waals surface area contributed by atoms with Crippen LogP contribution in [-0.4, -0.2) is 37.2 Å². The van der Waals surface area contributed by atoms with Crippen LogP contribution >= 0.6 is 0 Å². The van der Waals surface area contributed by atoms with Gasteiger partial charge in [-0.25, -0.2) is 0 Å². The number of allylic oxidation sites excluding steroid dienone is 18. The molecule has 0 radical (unpaired) electrons. The predicted molar refractivity (Wildman–Crippen MR) is 260 cm³/mol. The van der Waals surface area contributed by atoms with Crippen molar-refractivity contribution in [3.05, 3.63) is 109 Å². The molecule has 0 N–H and O–H groups in total. The van der Waals surface area contributed by atoms with Gasteiger partial charge in [0.15, 0.2) is 6.10 Å². The van der Waals surface area contributed by atoms with E-state index < -0.39 is 6.10 Å². The number of carbonyl (C=O) groups is 3. The normalized spacial score (nSPS) is 13.0. The third-order valence-corrected chi connectivity index (χ3v) is 9.85.